The van der Waals surface area contributed by atoms with Crippen LogP contribution in [0.25, 0.3) is 0 Å². The summed E-state index contributed by atoms with van der Waals surface area (Å²) in [7, 11) is 0. The summed E-state index contributed by atoms with van der Waals surface area (Å²) < 4.78 is 7.43. The Morgan fingerprint density at radius 2 is 2.05 bits per heavy atom. The molecule has 0 unspecified atom stereocenters. The maximum atomic E-state index is 6.08. The number of rotatable bonds is 5. The molecule has 6 heteroatoms. The topological polar surface area (TPSA) is 34.1 Å². The van der Waals surface area contributed by atoms with Crippen LogP contribution in [0.3, 0.4) is 0 Å². The van der Waals surface area contributed by atoms with Crippen LogP contribution in [-0.2, 0) is 6.54 Å². The highest BCUT2D eigenvalue weighted by molar-refractivity contribution is 9.10. The van der Waals surface area contributed by atoms with E-state index < -0.39 is 0 Å². The summed E-state index contributed by atoms with van der Waals surface area (Å²) in [5.41, 5.74) is 1.92. The van der Waals surface area contributed by atoms with Crippen molar-refractivity contribution < 1.29 is 4.74 Å². The Morgan fingerprint density at radius 1 is 1.25 bits per heavy atom. The number of pyridine rings is 1. The van der Waals surface area contributed by atoms with Gasteiger partial charge in [0.2, 0.25) is 0 Å². The van der Waals surface area contributed by atoms with Crippen molar-refractivity contribution in [3.63, 3.8) is 0 Å². The van der Waals surface area contributed by atoms with Gasteiger partial charge in [0.1, 0.15) is 0 Å². The molecule has 0 radical (unpaired) electrons. The molecule has 0 saturated carbocycles. The lowest BCUT2D eigenvalue weighted by Gasteiger charge is -2.14. The normalized spacial score (nSPS) is 10.4. The zero-order chi connectivity index (χ0) is 14.5. The van der Waals surface area contributed by atoms with Gasteiger partial charge in [0.05, 0.1) is 16.8 Å². The fourth-order valence-electron chi connectivity index (χ4n) is 1.73. The van der Waals surface area contributed by atoms with E-state index in [0.29, 0.717) is 18.2 Å². The van der Waals surface area contributed by atoms with Gasteiger partial charge in [0.15, 0.2) is 5.75 Å². The summed E-state index contributed by atoms with van der Waals surface area (Å²) in [4.78, 5) is 4.14. The summed E-state index contributed by atoms with van der Waals surface area (Å²) in [5.74, 6) is 0.764. The van der Waals surface area contributed by atoms with E-state index in [9.17, 15) is 0 Å². The standard InChI is InChI=1S/C14H13Br2ClN2O/c1-2-20-14-12(16)4-11(17)5-13(14)19-7-9-3-10(15)8-18-6-9/h3-6,8,19H,2,7H2,1H3. The summed E-state index contributed by atoms with van der Waals surface area (Å²) in [5, 5.41) is 3.97. The number of ether oxygens (including phenoxy) is 1. The van der Waals surface area contributed by atoms with E-state index in [0.717, 1.165) is 25.9 Å². The number of nitrogens with zero attached hydrogens (tertiary/aromatic N) is 1. The lowest BCUT2D eigenvalue weighted by Crippen LogP contribution is -2.03. The molecule has 0 spiro atoms. The van der Waals surface area contributed by atoms with Gasteiger partial charge in [-0.05, 0) is 62.5 Å². The second-order valence-electron chi connectivity index (χ2n) is 4.06. The minimum absolute atomic E-state index is 0.591. The van der Waals surface area contributed by atoms with Gasteiger partial charge in [-0.3, -0.25) is 4.98 Å². The van der Waals surface area contributed by atoms with E-state index >= 15 is 0 Å². The third kappa shape index (κ3) is 4.11. The molecule has 1 heterocycles. The number of nitrogens with one attached hydrogen (secondary N) is 1. The molecule has 0 bridgehead atoms. The van der Waals surface area contributed by atoms with Gasteiger partial charge in [0.25, 0.3) is 0 Å². The van der Waals surface area contributed by atoms with E-state index in [4.69, 9.17) is 16.3 Å². The van der Waals surface area contributed by atoms with Gasteiger partial charge in [-0.2, -0.15) is 0 Å². The third-order valence-corrected chi connectivity index (χ3v) is 3.78. The Hall–Kier alpha value is -0.780. The fraction of sp³-hybridized carbons (Fsp3) is 0.214. The van der Waals surface area contributed by atoms with Crippen molar-refractivity contribution in [2.24, 2.45) is 0 Å². The first-order valence-electron chi connectivity index (χ1n) is 6.05. The van der Waals surface area contributed by atoms with Crippen LogP contribution < -0.4 is 10.1 Å². The van der Waals surface area contributed by atoms with E-state index in [1.165, 1.54) is 0 Å². The SMILES string of the molecule is CCOc1c(Br)cc(Cl)cc1NCc1cncc(Br)c1. The second kappa shape index (κ2) is 7.29. The van der Waals surface area contributed by atoms with Gasteiger partial charge in [-0.15, -0.1) is 0 Å². The molecule has 0 aliphatic heterocycles. The lowest BCUT2D eigenvalue weighted by atomic mass is 10.2. The van der Waals surface area contributed by atoms with Crippen molar-refractivity contribution in [2.45, 2.75) is 13.5 Å². The molecule has 1 aromatic carbocycles. The van der Waals surface area contributed by atoms with Gasteiger partial charge in [-0.25, -0.2) is 0 Å². The molecule has 3 nitrogen and oxygen atoms in total. The number of benzene rings is 1. The fourth-order valence-corrected chi connectivity index (χ4v) is 3.07. The Kier molecular flexibility index (Phi) is 5.69. The predicted octanol–water partition coefficient (Wildman–Crippen LogP) is 5.27. The largest absolute Gasteiger partial charge is 0.491 e. The van der Waals surface area contributed by atoms with Crippen molar-refractivity contribution >= 4 is 49.1 Å². The van der Waals surface area contributed by atoms with E-state index in [2.05, 4.69) is 42.2 Å². The molecule has 1 N–H and O–H groups in total. The molecule has 1 aromatic heterocycles. The number of hydrogen-bond acceptors (Lipinski definition) is 3. The van der Waals surface area contributed by atoms with E-state index in [1.807, 2.05) is 31.3 Å². The molecule has 0 aliphatic rings. The molecule has 0 atom stereocenters. The Morgan fingerprint density at radius 3 is 2.75 bits per heavy atom. The maximum Gasteiger partial charge on any atom is 0.156 e. The highest BCUT2D eigenvalue weighted by Crippen LogP contribution is 2.36. The first-order chi connectivity index (χ1) is 9.60. The first-order valence-corrected chi connectivity index (χ1v) is 8.01. The van der Waals surface area contributed by atoms with E-state index in [1.54, 1.807) is 6.20 Å². The van der Waals surface area contributed by atoms with Gasteiger partial charge in [0, 0.05) is 28.4 Å². The summed E-state index contributed by atoms with van der Waals surface area (Å²) in [6, 6.07) is 5.68. The van der Waals surface area contributed by atoms with Gasteiger partial charge < -0.3 is 10.1 Å². The van der Waals surface area contributed by atoms with Crippen molar-refractivity contribution in [3.8, 4) is 5.75 Å². The summed E-state index contributed by atoms with van der Waals surface area (Å²) >= 11 is 13.0. The Bertz CT molecular complexity index is 608. The molecule has 2 rings (SSSR count). The number of hydrogen-bond donors (Lipinski definition) is 1. The predicted molar refractivity (Wildman–Crippen MR) is 89.6 cm³/mol. The van der Waals surface area contributed by atoms with Crippen LogP contribution in [0.2, 0.25) is 5.02 Å². The van der Waals surface area contributed by atoms with Crippen LogP contribution in [0.15, 0.2) is 39.5 Å². The molecular formula is C14H13Br2ClN2O. The molecule has 0 saturated heterocycles. The van der Waals surface area contributed by atoms with E-state index in [-0.39, 0.29) is 0 Å². The van der Waals surface area contributed by atoms with Crippen LogP contribution in [0.4, 0.5) is 5.69 Å². The Labute approximate surface area is 140 Å². The summed E-state index contributed by atoms with van der Waals surface area (Å²) in [6.45, 7) is 3.18. The lowest BCUT2D eigenvalue weighted by molar-refractivity contribution is 0.339. The van der Waals surface area contributed by atoms with Crippen LogP contribution >= 0.6 is 43.5 Å². The van der Waals surface area contributed by atoms with Gasteiger partial charge in [-0.1, -0.05) is 11.6 Å². The van der Waals surface area contributed by atoms with Crippen molar-refractivity contribution in [2.75, 3.05) is 11.9 Å². The van der Waals surface area contributed by atoms with Crippen LogP contribution in [0.1, 0.15) is 12.5 Å². The third-order valence-electron chi connectivity index (χ3n) is 2.54. The molecule has 2 aromatic rings. The number of anilines is 1. The molecule has 0 aliphatic carbocycles. The zero-order valence-corrected chi connectivity index (χ0v) is 14.7. The highest BCUT2D eigenvalue weighted by Gasteiger charge is 2.10. The zero-order valence-electron chi connectivity index (χ0n) is 10.8. The molecule has 106 valence electrons. The average Bonchev–Trinajstić information content (AvgIpc) is 2.40. The molecule has 0 amide bonds. The van der Waals surface area contributed by atoms with Crippen LogP contribution in [0.5, 0.6) is 5.75 Å². The van der Waals surface area contributed by atoms with Crippen molar-refractivity contribution in [3.05, 3.63) is 50.1 Å². The highest BCUT2D eigenvalue weighted by atomic mass is 79.9. The van der Waals surface area contributed by atoms with Crippen molar-refractivity contribution in [1.82, 2.24) is 4.98 Å². The number of aromatic nitrogens is 1. The summed E-state index contributed by atoms with van der Waals surface area (Å²) in [6.07, 6.45) is 3.57. The minimum Gasteiger partial charge on any atom is -0.491 e. The monoisotopic (exact) mass is 418 g/mol. The maximum absolute atomic E-state index is 6.08. The second-order valence-corrected chi connectivity index (χ2v) is 6.27. The number of halogens is 3. The smallest absolute Gasteiger partial charge is 0.156 e. The first kappa shape index (κ1) is 15.6. The molecule has 20 heavy (non-hydrogen) atoms. The van der Waals surface area contributed by atoms with Crippen LogP contribution in [-0.4, -0.2) is 11.6 Å². The van der Waals surface area contributed by atoms with Crippen LogP contribution in [0, 0.1) is 0 Å². The average molecular weight is 421 g/mol. The molecule has 0 fully saturated rings. The molecular weight excluding hydrogens is 407 g/mol. The Balaban J connectivity index is 2.20. The quantitative estimate of drug-likeness (QED) is 0.715. The minimum atomic E-state index is 0.591. The van der Waals surface area contributed by atoms with Crippen molar-refractivity contribution in [1.29, 1.82) is 0 Å². The van der Waals surface area contributed by atoms with Gasteiger partial charge >= 0.3 is 0 Å².